The van der Waals surface area contributed by atoms with Crippen molar-refractivity contribution in [3.8, 4) is 11.1 Å². The van der Waals surface area contributed by atoms with Gasteiger partial charge in [0.1, 0.15) is 24.8 Å². The van der Waals surface area contributed by atoms with Crippen LogP contribution in [-0.2, 0) is 4.79 Å². The molecule has 0 amide bonds. The van der Waals surface area contributed by atoms with Crippen LogP contribution in [0.25, 0.3) is 22.0 Å². The van der Waals surface area contributed by atoms with Gasteiger partial charge in [0.25, 0.3) is 0 Å². The van der Waals surface area contributed by atoms with Gasteiger partial charge < -0.3 is 10.1 Å². The average Bonchev–Trinajstić information content (AvgIpc) is 2.93. The highest BCUT2D eigenvalue weighted by Crippen LogP contribution is 2.29. The Morgan fingerprint density at radius 1 is 1.03 bits per heavy atom. The number of rotatable bonds is 7. The molecule has 2 aromatic carbocycles. The van der Waals surface area contributed by atoms with Crippen LogP contribution in [0.2, 0.25) is 0 Å². The van der Waals surface area contributed by atoms with Gasteiger partial charge in [-0.25, -0.2) is 14.4 Å². The number of hydrogen-bond donors (Lipinski definition) is 1. The molecule has 1 heterocycles. The highest BCUT2D eigenvalue weighted by molar-refractivity contribution is 5.95. The molecule has 0 saturated heterocycles. The lowest BCUT2D eigenvalue weighted by atomic mass is 10.00. The molecular weight excluding hydrogens is 451 g/mol. The van der Waals surface area contributed by atoms with Crippen LogP contribution in [0.1, 0.15) is 53.5 Å². The number of nitrogens with one attached hydrogen (secondary N) is 1. The Morgan fingerprint density at radius 2 is 1.67 bits per heavy atom. The van der Waals surface area contributed by atoms with Crippen LogP contribution < -0.4 is 5.32 Å². The molecule has 0 radical (unpaired) electrons. The zero-order chi connectivity index (χ0) is 27.5. The van der Waals surface area contributed by atoms with Gasteiger partial charge in [0, 0.05) is 24.7 Å². The number of allylic oxidation sites excluding steroid dienone is 2. The lowest BCUT2D eigenvalue weighted by Crippen LogP contribution is -2.07. The summed E-state index contributed by atoms with van der Waals surface area (Å²) in [5, 5.41) is 4.41. The number of anilines is 1. The minimum atomic E-state index is -0.242. The van der Waals surface area contributed by atoms with E-state index in [1.165, 1.54) is 17.7 Å². The van der Waals surface area contributed by atoms with Crippen molar-refractivity contribution >= 4 is 29.2 Å². The van der Waals surface area contributed by atoms with Crippen LogP contribution in [0.15, 0.2) is 71.5 Å². The summed E-state index contributed by atoms with van der Waals surface area (Å²) in [5.74, 6) is 0.539. The maximum atomic E-state index is 13.3. The molecule has 0 aliphatic rings. The molecule has 0 unspecified atom stereocenters. The summed E-state index contributed by atoms with van der Waals surface area (Å²) >= 11 is 0. The minimum absolute atomic E-state index is 0.242. The van der Waals surface area contributed by atoms with Crippen LogP contribution in [-0.4, -0.2) is 36.1 Å². The van der Waals surface area contributed by atoms with Crippen molar-refractivity contribution in [2.24, 2.45) is 4.99 Å². The van der Waals surface area contributed by atoms with E-state index in [0.717, 1.165) is 45.5 Å². The fourth-order valence-corrected chi connectivity index (χ4v) is 3.24. The van der Waals surface area contributed by atoms with Gasteiger partial charge in [-0.2, -0.15) is 0 Å². The number of benzene rings is 2. The summed E-state index contributed by atoms with van der Waals surface area (Å²) in [7, 11) is 1.79. The van der Waals surface area contributed by atoms with Crippen molar-refractivity contribution in [2.75, 3.05) is 18.9 Å². The molecule has 36 heavy (non-hydrogen) atoms. The monoisotopic (exact) mass is 492 g/mol. The van der Waals surface area contributed by atoms with E-state index in [0.29, 0.717) is 6.54 Å². The Bertz CT molecular complexity index is 1140. The smallest absolute Gasteiger partial charge is 0.137 e. The molecule has 0 saturated carbocycles. The maximum absolute atomic E-state index is 13.3. The zero-order valence-electron chi connectivity index (χ0n) is 23.0. The molecule has 0 atom stereocenters. The SMILES string of the molecule is C=O.CC.CC.CC/C=C(/C=C\C(C)=NC)CNc1ncnc2c(C)cc(-c3ccc(F)cc3)cc12. The minimum Gasteiger partial charge on any atom is -0.365 e. The molecule has 0 spiro atoms. The molecule has 0 aliphatic heterocycles. The van der Waals surface area contributed by atoms with Crippen LogP contribution in [0.4, 0.5) is 10.2 Å². The van der Waals surface area contributed by atoms with Gasteiger partial charge in [-0.05, 0) is 72.9 Å². The molecular formula is C30H41FN4O. The highest BCUT2D eigenvalue weighted by Gasteiger charge is 2.10. The lowest BCUT2D eigenvalue weighted by molar-refractivity contribution is -0.0979. The van der Waals surface area contributed by atoms with Crippen LogP contribution >= 0.6 is 0 Å². The van der Waals surface area contributed by atoms with Gasteiger partial charge in [0.2, 0.25) is 0 Å². The van der Waals surface area contributed by atoms with Gasteiger partial charge in [0.05, 0.1) is 5.52 Å². The highest BCUT2D eigenvalue weighted by atomic mass is 19.1. The predicted octanol–water partition coefficient (Wildman–Crippen LogP) is 8.01. The quantitative estimate of drug-likeness (QED) is 0.268. The predicted molar refractivity (Wildman–Crippen MR) is 155 cm³/mol. The number of carbonyl (C=O) groups is 1. The molecule has 194 valence electrons. The molecule has 1 N–H and O–H groups in total. The van der Waals surface area contributed by atoms with Crippen LogP contribution in [0.5, 0.6) is 0 Å². The first-order valence-electron chi connectivity index (χ1n) is 12.4. The topological polar surface area (TPSA) is 67.2 Å². The van der Waals surface area contributed by atoms with Crippen LogP contribution in [0.3, 0.4) is 0 Å². The molecule has 0 bridgehead atoms. The van der Waals surface area contributed by atoms with E-state index in [1.807, 2.05) is 54.4 Å². The summed E-state index contributed by atoms with van der Waals surface area (Å²) in [6.07, 6.45) is 8.81. The number of aryl methyl sites for hydroxylation is 1. The Morgan fingerprint density at radius 3 is 2.25 bits per heavy atom. The fraction of sp³-hybridized carbons (Fsp3) is 0.333. The summed E-state index contributed by atoms with van der Waals surface area (Å²) in [4.78, 5) is 21.1. The summed E-state index contributed by atoms with van der Waals surface area (Å²) in [5.41, 5.74) is 6.07. The normalized spacial score (nSPS) is 11.0. The van der Waals surface area contributed by atoms with Gasteiger partial charge in [-0.1, -0.05) is 58.9 Å². The number of aliphatic imine (C=N–C) groups is 1. The number of hydrogen-bond acceptors (Lipinski definition) is 5. The second kappa shape index (κ2) is 18.6. The maximum Gasteiger partial charge on any atom is 0.137 e. The standard InChI is InChI=1S/C25H27FN4.2C2H6.CH2O/c1-5-6-19(8-7-18(3)27-4)15-28-25-23-14-21(20-9-11-22(26)12-10-20)13-17(2)24(23)29-16-30-25;3*1-2/h6-14,16H,5,15H2,1-4H3,(H,28,29,30);2*1-2H3;1H2/b8-7-,19-6-,27-18?;;;. The number of fused-ring (bicyclic) bond motifs is 1. The zero-order valence-corrected chi connectivity index (χ0v) is 23.0. The molecule has 0 fully saturated rings. The molecule has 6 heteroatoms. The third-order valence-corrected chi connectivity index (χ3v) is 4.92. The third-order valence-electron chi connectivity index (χ3n) is 4.92. The van der Waals surface area contributed by atoms with Crippen molar-refractivity contribution in [2.45, 2.75) is 54.9 Å². The first kappa shape index (κ1) is 32.3. The lowest BCUT2D eigenvalue weighted by Gasteiger charge is -2.12. The number of carbonyl (C=O) groups excluding carboxylic acids is 1. The van der Waals surface area contributed by atoms with Crippen LogP contribution in [0, 0.1) is 12.7 Å². The van der Waals surface area contributed by atoms with E-state index in [4.69, 9.17) is 4.79 Å². The van der Waals surface area contributed by atoms with Crippen molar-refractivity contribution in [1.82, 2.24) is 9.97 Å². The Balaban J connectivity index is 0.00000190. The molecule has 0 aliphatic carbocycles. The summed E-state index contributed by atoms with van der Waals surface area (Å²) in [6, 6.07) is 10.7. The Hall–Kier alpha value is -3.67. The fourth-order valence-electron chi connectivity index (χ4n) is 3.24. The molecule has 3 rings (SSSR count). The third kappa shape index (κ3) is 9.90. The van der Waals surface area contributed by atoms with Crippen molar-refractivity contribution in [1.29, 1.82) is 0 Å². The first-order chi connectivity index (χ1) is 17.5. The largest absolute Gasteiger partial charge is 0.365 e. The molecule has 3 aromatic rings. The van der Waals surface area contributed by atoms with E-state index in [9.17, 15) is 4.39 Å². The van der Waals surface area contributed by atoms with Gasteiger partial charge in [-0.3, -0.25) is 4.99 Å². The van der Waals surface area contributed by atoms with E-state index in [2.05, 4.69) is 51.5 Å². The van der Waals surface area contributed by atoms with E-state index in [-0.39, 0.29) is 5.82 Å². The van der Waals surface area contributed by atoms with E-state index < -0.39 is 0 Å². The van der Waals surface area contributed by atoms with Gasteiger partial charge in [-0.15, -0.1) is 0 Å². The van der Waals surface area contributed by atoms with Gasteiger partial charge >= 0.3 is 0 Å². The molecule has 5 nitrogen and oxygen atoms in total. The summed E-state index contributed by atoms with van der Waals surface area (Å²) in [6.45, 7) is 16.8. The molecule has 1 aromatic heterocycles. The summed E-state index contributed by atoms with van der Waals surface area (Å²) < 4.78 is 13.3. The number of nitrogens with zero attached hydrogens (tertiary/aromatic N) is 3. The second-order valence-corrected chi connectivity index (χ2v) is 7.16. The van der Waals surface area contributed by atoms with E-state index in [1.54, 1.807) is 25.5 Å². The Kier molecular flexibility index (Phi) is 16.7. The average molecular weight is 493 g/mol. The second-order valence-electron chi connectivity index (χ2n) is 7.16. The van der Waals surface area contributed by atoms with Crippen molar-refractivity contribution in [3.63, 3.8) is 0 Å². The number of aromatic nitrogens is 2. The van der Waals surface area contributed by atoms with Gasteiger partial charge in [0.15, 0.2) is 0 Å². The van der Waals surface area contributed by atoms with E-state index >= 15 is 0 Å². The number of halogens is 1. The van der Waals surface area contributed by atoms with Crippen molar-refractivity contribution < 1.29 is 9.18 Å². The Labute approximate surface area is 216 Å². The van der Waals surface area contributed by atoms with Crippen molar-refractivity contribution in [3.05, 3.63) is 77.9 Å². The first-order valence-corrected chi connectivity index (χ1v) is 12.4.